The van der Waals surface area contributed by atoms with E-state index >= 15 is 0 Å². The van der Waals surface area contributed by atoms with Gasteiger partial charge in [-0.3, -0.25) is 9.69 Å². The number of halogens is 1. The Morgan fingerprint density at radius 1 is 1.35 bits per heavy atom. The van der Waals surface area contributed by atoms with Crippen LogP contribution >= 0.6 is 11.6 Å². The Kier molecular flexibility index (Phi) is 5.24. The maximum absolute atomic E-state index is 12.3. The van der Waals surface area contributed by atoms with Crippen molar-refractivity contribution in [3.05, 3.63) is 34.9 Å². The molecule has 2 saturated heterocycles. The number of amides is 1. The molecule has 1 amide bonds. The van der Waals surface area contributed by atoms with Crippen LogP contribution < -0.4 is 0 Å². The summed E-state index contributed by atoms with van der Waals surface area (Å²) in [5.74, 6) is 0.221. The van der Waals surface area contributed by atoms with Crippen molar-refractivity contribution in [2.45, 2.75) is 37.8 Å². The molecular weight excluding hydrogens is 312 g/mol. The van der Waals surface area contributed by atoms with Crippen molar-refractivity contribution in [3.8, 4) is 0 Å². The number of benzene rings is 1. The van der Waals surface area contributed by atoms with E-state index in [2.05, 4.69) is 11.0 Å². The molecule has 1 aromatic carbocycles. The predicted octanol–water partition coefficient (Wildman–Crippen LogP) is 2.94. The Hall–Kier alpha value is -1.10. The normalized spacial score (nSPS) is 24.7. The molecule has 2 aliphatic rings. The van der Waals surface area contributed by atoms with Crippen LogP contribution in [0.4, 0.5) is 0 Å². The van der Waals surface area contributed by atoms with E-state index in [1.54, 1.807) is 7.11 Å². The first-order valence-corrected chi connectivity index (χ1v) is 8.77. The van der Waals surface area contributed by atoms with Crippen LogP contribution in [-0.2, 0) is 16.1 Å². The summed E-state index contributed by atoms with van der Waals surface area (Å²) in [7, 11) is 1.64. The Morgan fingerprint density at radius 3 is 3.00 bits per heavy atom. The molecule has 0 aromatic heterocycles. The van der Waals surface area contributed by atoms with Crippen molar-refractivity contribution in [3.63, 3.8) is 0 Å². The van der Waals surface area contributed by atoms with Gasteiger partial charge in [0.2, 0.25) is 5.91 Å². The zero-order valence-electron chi connectivity index (χ0n) is 13.8. The van der Waals surface area contributed by atoms with Gasteiger partial charge >= 0.3 is 0 Å². The Balaban J connectivity index is 1.65. The Morgan fingerprint density at radius 2 is 2.22 bits per heavy atom. The molecular formula is C18H25ClN2O2. The molecule has 5 heteroatoms. The average molecular weight is 337 g/mol. The highest BCUT2D eigenvalue weighted by Gasteiger charge is 2.46. The maximum Gasteiger partial charge on any atom is 0.224 e. The van der Waals surface area contributed by atoms with Crippen LogP contribution in [0.1, 0.15) is 31.2 Å². The first-order valence-electron chi connectivity index (χ1n) is 8.39. The molecule has 0 saturated carbocycles. The molecule has 1 atom stereocenters. The fourth-order valence-electron chi connectivity index (χ4n) is 3.98. The third kappa shape index (κ3) is 3.70. The lowest BCUT2D eigenvalue weighted by molar-refractivity contribution is -0.131. The lowest BCUT2D eigenvalue weighted by atomic mass is 9.94. The summed E-state index contributed by atoms with van der Waals surface area (Å²) in [6.07, 6.45) is 3.95. The molecule has 0 bridgehead atoms. The zero-order chi connectivity index (χ0) is 16.3. The molecule has 0 N–H and O–H groups in total. The second kappa shape index (κ2) is 7.20. The predicted molar refractivity (Wildman–Crippen MR) is 91.5 cm³/mol. The number of carbonyl (C=O) groups is 1. The van der Waals surface area contributed by atoms with E-state index in [1.807, 2.05) is 23.1 Å². The number of likely N-dealkylation sites (tertiary alicyclic amines) is 2. The van der Waals surface area contributed by atoms with Gasteiger partial charge in [-0.15, -0.1) is 0 Å². The highest BCUT2D eigenvalue weighted by molar-refractivity contribution is 6.30. The van der Waals surface area contributed by atoms with Crippen LogP contribution in [0.2, 0.25) is 5.02 Å². The fourth-order valence-corrected chi connectivity index (χ4v) is 4.19. The summed E-state index contributed by atoms with van der Waals surface area (Å²) < 4.78 is 5.03. The van der Waals surface area contributed by atoms with Crippen LogP contribution in [0.5, 0.6) is 0 Å². The molecule has 126 valence electrons. The highest BCUT2D eigenvalue weighted by Crippen LogP contribution is 2.38. The molecule has 1 spiro atoms. The summed E-state index contributed by atoms with van der Waals surface area (Å²) in [4.78, 5) is 16.8. The van der Waals surface area contributed by atoms with E-state index < -0.39 is 0 Å². The molecule has 1 aromatic rings. The van der Waals surface area contributed by atoms with Crippen LogP contribution in [0, 0.1) is 0 Å². The molecule has 4 nitrogen and oxygen atoms in total. The minimum atomic E-state index is 0.158. The van der Waals surface area contributed by atoms with Gasteiger partial charge in [0.25, 0.3) is 0 Å². The van der Waals surface area contributed by atoms with Crippen molar-refractivity contribution in [1.29, 1.82) is 0 Å². The third-order valence-corrected chi connectivity index (χ3v) is 5.44. The summed E-state index contributed by atoms with van der Waals surface area (Å²) in [6, 6.07) is 8.10. The van der Waals surface area contributed by atoms with Crippen molar-refractivity contribution >= 4 is 17.5 Å². The molecule has 3 rings (SSSR count). The van der Waals surface area contributed by atoms with Gasteiger partial charge in [-0.05, 0) is 43.5 Å². The van der Waals surface area contributed by atoms with Crippen LogP contribution in [0.3, 0.4) is 0 Å². The standard InChI is InChI=1S/C18H25ClN2O2/c1-23-11-6-17(22)20-10-8-18(14-20)7-3-9-21(18)13-15-4-2-5-16(19)12-15/h2,4-5,12H,3,6-11,13-14H2,1H3/t18-/m1/s1. The molecule has 0 aliphatic carbocycles. The minimum absolute atomic E-state index is 0.158. The first-order chi connectivity index (χ1) is 11.1. The van der Waals surface area contributed by atoms with Crippen molar-refractivity contribution in [2.24, 2.45) is 0 Å². The van der Waals surface area contributed by atoms with E-state index in [4.69, 9.17) is 16.3 Å². The largest absolute Gasteiger partial charge is 0.384 e. The minimum Gasteiger partial charge on any atom is -0.384 e. The van der Waals surface area contributed by atoms with Crippen molar-refractivity contribution in [1.82, 2.24) is 9.80 Å². The lowest BCUT2D eigenvalue weighted by Gasteiger charge is -2.35. The molecule has 2 fully saturated rings. The van der Waals surface area contributed by atoms with Crippen LogP contribution in [0.25, 0.3) is 0 Å². The number of carbonyl (C=O) groups excluding carboxylic acids is 1. The molecule has 0 unspecified atom stereocenters. The number of nitrogens with zero attached hydrogens (tertiary/aromatic N) is 2. The van der Waals surface area contributed by atoms with E-state index in [0.29, 0.717) is 13.0 Å². The highest BCUT2D eigenvalue weighted by atomic mass is 35.5. The van der Waals surface area contributed by atoms with Gasteiger partial charge in [-0.1, -0.05) is 23.7 Å². The fraction of sp³-hybridized carbons (Fsp3) is 0.611. The average Bonchev–Trinajstić information content (AvgIpc) is 3.13. The van der Waals surface area contributed by atoms with Gasteiger partial charge in [-0.25, -0.2) is 0 Å². The summed E-state index contributed by atoms with van der Waals surface area (Å²) >= 11 is 6.11. The number of ether oxygens (including phenoxy) is 1. The summed E-state index contributed by atoms with van der Waals surface area (Å²) in [5.41, 5.74) is 1.41. The van der Waals surface area contributed by atoms with Gasteiger partial charge < -0.3 is 9.64 Å². The van der Waals surface area contributed by atoms with Gasteiger partial charge in [0.1, 0.15) is 0 Å². The third-order valence-electron chi connectivity index (χ3n) is 5.21. The van der Waals surface area contributed by atoms with Gasteiger partial charge in [0.15, 0.2) is 0 Å². The maximum atomic E-state index is 12.3. The Labute approximate surface area is 143 Å². The quantitative estimate of drug-likeness (QED) is 0.828. The molecule has 2 heterocycles. The van der Waals surface area contributed by atoms with Crippen LogP contribution in [-0.4, -0.2) is 54.6 Å². The zero-order valence-corrected chi connectivity index (χ0v) is 14.5. The van der Waals surface area contributed by atoms with E-state index in [1.165, 1.54) is 18.4 Å². The van der Waals surface area contributed by atoms with Crippen LogP contribution in [0.15, 0.2) is 24.3 Å². The van der Waals surface area contributed by atoms with Gasteiger partial charge in [0, 0.05) is 37.3 Å². The van der Waals surface area contributed by atoms with E-state index in [0.717, 1.165) is 37.6 Å². The van der Waals surface area contributed by atoms with E-state index in [-0.39, 0.29) is 11.4 Å². The number of hydrogen-bond donors (Lipinski definition) is 0. The van der Waals surface area contributed by atoms with Crippen molar-refractivity contribution in [2.75, 3.05) is 33.4 Å². The summed E-state index contributed by atoms with van der Waals surface area (Å²) in [5, 5.41) is 0.790. The van der Waals surface area contributed by atoms with Crippen molar-refractivity contribution < 1.29 is 9.53 Å². The van der Waals surface area contributed by atoms with Gasteiger partial charge in [0.05, 0.1) is 13.0 Å². The SMILES string of the molecule is COCCC(=O)N1CC[C@]2(CCCN2Cc2cccc(Cl)c2)C1. The molecule has 0 radical (unpaired) electrons. The number of rotatable bonds is 5. The Bertz CT molecular complexity index is 566. The lowest BCUT2D eigenvalue weighted by Crippen LogP contribution is -2.46. The monoisotopic (exact) mass is 336 g/mol. The topological polar surface area (TPSA) is 32.8 Å². The number of hydrogen-bond acceptors (Lipinski definition) is 3. The second-order valence-electron chi connectivity index (χ2n) is 6.69. The van der Waals surface area contributed by atoms with E-state index in [9.17, 15) is 4.79 Å². The molecule has 23 heavy (non-hydrogen) atoms. The summed E-state index contributed by atoms with van der Waals surface area (Å²) in [6.45, 7) is 4.26. The second-order valence-corrected chi connectivity index (χ2v) is 7.12. The molecule has 2 aliphatic heterocycles. The van der Waals surface area contributed by atoms with Gasteiger partial charge in [-0.2, -0.15) is 0 Å². The first kappa shape index (κ1) is 16.7. The number of methoxy groups -OCH3 is 1. The smallest absolute Gasteiger partial charge is 0.224 e.